The third kappa shape index (κ3) is 3.30. The number of amides is 1. The summed E-state index contributed by atoms with van der Waals surface area (Å²) in [6, 6.07) is 11.4. The normalized spacial score (nSPS) is 17.5. The highest BCUT2D eigenvalue weighted by molar-refractivity contribution is 9.10. The number of carbonyl (C=O) groups is 1. The lowest BCUT2D eigenvalue weighted by molar-refractivity contribution is 0.0771. The Kier molecular flexibility index (Phi) is 4.43. The molecule has 22 heavy (non-hydrogen) atoms. The maximum absolute atomic E-state index is 12.5. The van der Waals surface area contributed by atoms with Gasteiger partial charge in [-0.25, -0.2) is 4.98 Å². The highest BCUT2D eigenvalue weighted by Gasteiger charge is 2.28. The molecule has 1 fully saturated rings. The van der Waals surface area contributed by atoms with E-state index in [9.17, 15) is 4.79 Å². The molecule has 5 heteroatoms. The molecule has 0 bridgehead atoms. The molecule has 1 saturated heterocycles. The van der Waals surface area contributed by atoms with Gasteiger partial charge in [-0.1, -0.05) is 17.7 Å². The zero-order valence-electron chi connectivity index (χ0n) is 12.3. The van der Waals surface area contributed by atoms with E-state index in [0.29, 0.717) is 19.0 Å². The van der Waals surface area contributed by atoms with Crippen molar-refractivity contribution in [3.63, 3.8) is 0 Å². The largest absolute Gasteiger partial charge is 0.472 e. The maximum atomic E-state index is 12.5. The monoisotopic (exact) mass is 360 g/mol. The Morgan fingerprint density at radius 1 is 1.32 bits per heavy atom. The van der Waals surface area contributed by atoms with E-state index in [0.717, 1.165) is 22.0 Å². The molecule has 2 heterocycles. The predicted molar refractivity (Wildman–Crippen MR) is 88.1 cm³/mol. The summed E-state index contributed by atoms with van der Waals surface area (Å²) in [7, 11) is 0. The highest BCUT2D eigenvalue weighted by atomic mass is 79.9. The lowest BCUT2D eigenvalue weighted by Gasteiger charge is -2.17. The van der Waals surface area contributed by atoms with Crippen LogP contribution >= 0.6 is 15.9 Å². The number of hydrogen-bond donors (Lipinski definition) is 0. The van der Waals surface area contributed by atoms with Gasteiger partial charge in [0.25, 0.3) is 5.91 Å². The second kappa shape index (κ2) is 6.48. The molecule has 1 aromatic carbocycles. The van der Waals surface area contributed by atoms with Crippen molar-refractivity contribution >= 4 is 21.8 Å². The average Bonchev–Trinajstić information content (AvgIpc) is 2.98. The standard InChI is InChI=1S/C17H17BrN2O2/c1-12-4-6-13(7-5-12)17(21)20-10-8-14(11-20)22-16-15(18)3-2-9-19-16/h2-7,9,14H,8,10-11H2,1H3. The smallest absolute Gasteiger partial charge is 0.253 e. The predicted octanol–water partition coefficient (Wildman–Crippen LogP) is 3.45. The topological polar surface area (TPSA) is 42.4 Å². The van der Waals surface area contributed by atoms with Crippen LogP contribution in [0.4, 0.5) is 0 Å². The van der Waals surface area contributed by atoms with Gasteiger partial charge in [0.05, 0.1) is 11.0 Å². The van der Waals surface area contributed by atoms with E-state index >= 15 is 0 Å². The van der Waals surface area contributed by atoms with E-state index in [1.807, 2.05) is 48.2 Å². The third-order valence-electron chi connectivity index (χ3n) is 3.73. The van der Waals surface area contributed by atoms with E-state index in [4.69, 9.17) is 4.74 Å². The average molecular weight is 361 g/mol. The lowest BCUT2D eigenvalue weighted by atomic mass is 10.1. The molecule has 1 aliphatic rings. The zero-order valence-corrected chi connectivity index (χ0v) is 13.9. The van der Waals surface area contributed by atoms with E-state index in [2.05, 4.69) is 20.9 Å². The molecular weight excluding hydrogens is 344 g/mol. The quantitative estimate of drug-likeness (QED) is 0.841. The number of likely N-dealkylation sites (tertiary alicyclic amines) is 1. The van der Waals surface area contributed by atoms with Gasteiger partial charge in [-0.2, -0.15) is 0 Å². The molecule has 4 nitrogen and oxygen atoms in total. The Balaban J connectivity index is 1.63. The van der Waals surface area contributed by atoms with Crippen LogP contribution in [-0.4, -0.2) is 35.0 Å². The summed E-state index contributed by atoms with van der Waals surface area (Å²) >= 11 is 3.42. The van der Waals surface area contributed by atoms with Crippen LogP contribution in [0.3, 0.4) is 0 Å². The minimum absolute atomic E-state index is 0.0133. The van der Waals surface area contributed by atoms with Crippen molar-refractivity contribution in [2.75, 3.05) is 13.1 Å². The van der Waals surface area contributed by atoms with Gasteiger partial charge in [-0.05, 0) is 47.1 Å². The van der Waals surface area contributed by atoms with E-state index in [1.54, 1.807) is 6.20 Å². The molecule has 0 spiro atoms. The molecule has 1 unspecified atom stereocenters. The van der Waals surface area contributed by atoms with Crippen LogP contribution in [0.5, 0.6) is 5.88 Å². The van der Waals surface area contributed by atoms with Crippen LogP contribution in [0.15, 0.2) is 47.1 Å². The summed E-state index contributed by atoms with van der Waals surface area (Å²) in [5.41, 5.74) is 1.88. The Labute approximate surface area is 138 Å². The molecule has 0 saturated carbocycles. The van der Waals surface area contributed by atoms with Gasteiger partial charge in [0.1, 0.15) is 6.10 Å². The Bertz CT molecular complexity index is 673. The number of benzene rings is 1. The fourth-order valence-electron chi connectivity index (χ4n) is 2.50. The number of rotatable bonds is 3. The first-order chi connectivity index (χ1) is 10.6. The number of pyridine rings is 1. The first kappa shape index (κ1) is 15.0. The number of ether oxygens (including phenoxy) is 1. The molecule has 2 aromatic rings. The first-order valence-electron chi connectivity index (χ1n) is 7.26. The van der Waals surface area contributed by atoms with Crippen molar-refractivity contribution < 1.29 is 9.53 Å². The highest BCUT2D eigenvalue weighted by Crippen LogP contribution is 2.25. The number of aromatic nitrogens is 1. The minimum atomic E-state index is -0.0133. The van der Waals surface area contributed by atoms with Gasteiger partial charge in [-0.15, -0.1) is 0 Å². The van der Waals surface area contributed by atoms with Gasteiger partial charge >= 0.3 is 0 Å². The molecule has 0 radical (unpaired) electrons. The second-order valence-corrected chi connectivity index (χ2v) is 6.29. The third-order valence-corrected chi connectivity index (χ3v) is 4.34. The Morgan fingerprint density at radius 3 is 2.82 bits per heavy atom. The molecule has 1 aromatic heterocycles. The number of aryl methyl sites for hydroxylation is 1. The summed E-state index contributed by atoms with van der Waals surface area (Å²) < 4.78 is 6.72. The van der Waals surface area contributed by atoms with Crippen molar-refractivity contribution in [1.29, 1.82) is 0 Å². The molecule has 1 atom stereocenters. The fraction of sp³-hybridized carbons (Fsp3) is 0.294. The van der Waals surface area contributed by atoms with Crippen LogP contribution in [0.25, 0.3) is 0 Å². The number of carbonyl (C=O) groups excluding carboxylic acids is 1. The SMILES string of the molecule is Cc1ccc(C(=O)N2CCC(Oc3ncccc3Br)C2)cc1. The van der Waals surface area contributed by atoms with E-state index < -0.39 is 0 Å². The number of halogens is 1. The van der Waals surface area contributed by atoms with Crippen molar-refractivity contribution in [3.8, 4) is 5.88 Å². The fourth-order valence-corrected chi connectivity index (χ4v) is 2.85. The van der Waals surface area contributed by atoms with Gasteiger partial charge in [0.2, 0.25) is 5.88 Å². The van der Waals surface area contributed by atoms with Crippen molar-refractivity contribution in [1.82, 2.24) is 9.88 Å². The maximum Gasteiger partial charge on any atom is 0.253 e. The molecule has 3 rings (SSSR count). The van der Waals surface area contributed by atoms with Crippen molar-refractivity contribution in [2.24, 2.45) is 0 Å². The summed E-state index contributed by atoms with van der Waals surface area (Å²) in [6.45, 7) is 3.32. The lowest BCUT2D eigenvalue weighted by Crippen LogP contribution is -2.31. The van der Waals surface area contributed by atoms with Gasteiger partial charge in [-0.3, -0.25) is 4.79 Å². The molecule has 1 aliphatic heterocycles. The summed E-state index contributed by atoms with van der Waals surface area (Å²) in [6.07, 6.45) is 2.51. The van der Waals surface area contributed by atoms with Crippen LogP contribution in [0.1, 0.15) is 22.3 Å². The summed E-state index contributed by atoms with van der Waals surface area (Å²) in [5.74, 6) is 0.642. The zero-order chi connectivity index (χ0) is 15.5. The summed E-state index contributed by atoms with van der Waals surface area (Å²) in [4.78, 5) is 18.5. The second-order valence-electron chi connectivity index (χ2n) is 5.44. The van der Waals surface area contributed by atoms with Crippen LogP contribution in [-0.2, 0) is 0 Å². The Morgan fingerprint density at radius 2 is 2.09 bits per heavy atom. The molecule has 114 valence electrons. The van der Waals surface area contributed by atoms with Gasteiger partial charge < -0.3 is 9.64 Å². The number of nitrogens with zero attached hydrogens (tertiary/aromatic N) is 2. The van der Waals surface area contributed by atoms with E-state index in [1.165, 1.54) is 0 Å². The van der Waals surface area contributed by atoms with Gasteiger partial charge in [0.15, 0.2) is 0 Å². The van der Waals surface area contributed by atoms with Crippen LogP contribution in [0.2, 0.25) is 0 Å². The number of hydrogen-bond acceptors (Lipinski definition) is 3. The van der Waals surface area contributed by atoms with Crippen molar-refractivity contribution in [2.45, 2.75) is 19.4 Å². The van der Waals surface area contributed by atoms with Crippen LogP contribution < -0.4 is 4.74 Å². The molecule has 0 N–H and O–H groups in total. The first-order valence-corrected chi connectivity index (χ1v) is 8.06. The molecular formula is C17H17BrN2O2. The molecule has 1 amide bonds. The summed E-state index contributed by atoms with van der Waals surface area (Å²) in [5, 5.41) is 0. The Hall–Kier alpha value is -1.88. The van der Waals surface area contributed by atoms with Gasteiger partial charge in [0, 0.05) is 24.7 Å². The van der Waals surface area contributed by atoms with E-state index in [-0.39, 0.29) is 12.0 Å². The molecule has 0 aliphatic carbocycles. The minimum Gasteiger partial charge on any atom is -0.472 e. The van der Waals surface area contributed by atoms with Crippen molar-refractivity contribution in [3.05, 3.63) is 58.2 Å². The van der Waals surface area contributed by atoms with Crippen LogP contribution in [0, 0.1) is 6.92 Å².